The van der Waals surface area contributed by atoms with Crippen LogP contribution in [0.5, 0.6) is 11.5 Å². The van der Waals surface area contributed by atoms with Gasteiger partial charge in [0.05, 0.1) is 19.6 Å². The van der Waals surface area contributed by atoms with Gasteiger partial charge in [-0.25, -0.2) is 18.7 Å². The molecule has 0 saturated carbocycles. The molecule has 2 aromatic carbocycles. The number of benzene rings is 2. The lowest BCUT2D eigenvalue weighted by atomic mass is 9.92. The van der Waals surface area contributed by atoms with E-state index in [1.54, 1.807) is 26.4 Å². The van der Waals surface area contributed by atoms with Crippen molar-refractivity contribution >= 4 is 60.1 Å². The zero-order chi connectivity index (χ0) is 29.5. The molecule has 6 rings (SSSR count). The Bertz CT molecular complexity index is 1720. The maximum atomic E-state index is 15.0. The number of methoxy groups -OCH3 is 2. The zero-order valence-electron chi connectivity index (χ0n) is 22.9. The SMILES string of the molecule is COc1ccc(CNc2nc3c(F)cc(F)cc3c3nc([C@@H]4CC[C@H](C)N(C(=O)C5NN=C(Br)S5)C4)nn23)c(OC)c1. The van der Waals surface area contributed by atoms with Gasteiger partial charge in [-0.15, -0.1) is 5.10 Å². The summed E-state index contributed by atoms with van der Waals surface area (Å²) in [7, 11) is 3.13. The summed E-state index contributed by atoms with van der Waals surface area (Å²) in [6.07, 6.45) is 1.49. The zero-order valence-corrected chi connectivity index (χ0v) is 25.3. The van der Waals surface area contributed by atoms with Gasteiger partial charge in [0.25, 0.3) is 5.91 Å². The number of aromatic nitrogens is 4. The summed E-state index contributed by atoms with van der Waals surface area (Å²) in [5.41, 5.74) is 3.89. The second-order valence-electron chi connectivity index (χ2n) is 10.1. The van der Waals surface area contributed by atoms with Crippen LogP contribution >= 0.6 is 27.7 Å². The van der Waals surface area contributed by atoms with Crippen molar-refractivity contribution in [2.24, 2.45) is 5.10 Å². The Morgan fingerprint density at radius 3 is 2.76 bits per heavy atom. The van der Waals surface area contributed by atoms with Crippen LogP contribution in [-0.2, 0) is 11.3 Å². The Morgan fingerprint density at radius 1 is 1.19 bits per heavy atom. The molecule has 1 unspecified atom stereocenters. The largest absolute Gasteiger partial charge is 0.497 e. The number of hydrazone groups is 1. The molecule has 1 fully saturated rings. The average Bonchev–Trinajstić information content (AvgIpc) is 3.63. The fraction of sp³-hybridized carbons (Fsp3) is 0.370. The van der Waals surface area contributed by atoms with Crippen molar-refractivity contribution in [1.82, 2.24) is 29.9 Å². The number of fused-ring (bicyclic) bond motifs is 3. The first-order valence-electron chi connectivity index (χ1n) is 13.2. The predicted octanol–water partition coefficient (Wildman–Crippen LogP) is 4.61. The molecule has 2 N–H and O–H groups in total. The monoisotopic (exact) mass is 660 g/mol. The average molecular weight is 662 g/mol. The summed E-state index contributed by atoms with van der Waals surface area (Å²) < 4.78 is 42.2. The molecule has 3 atom stereocenters. The van der Waals surface area contributed by atoms with Crippen molar-refractivity contribution < 1.29 is 23.0 Å². The number of nitrogens with one attached hydrogen (secondary N) is 2. The highest BCUT2D eigenvalue weighted by Crippen LogP contribution is 2.33. The highest BCUT2D eigenvalue weighted by molar-refractivity contribution is 9.22. The topological polar surface area (TPSA) is 118 Å². The summed E-state index contributed by atoms with van der Waals surface area (Å²) >= 11 is 4.62. The lowest BCUT2D eigenvalue weighted by Crippen LogP contribution is -2.50. The number of carbonyl (C=O) groups is 1. The van der Waals surface area contributed by atoms with Gasteiger partial charge in [-0.1, -0.05) is 11.8 Å². The lowest BCUT2D eigenvalue weighted by molar-refractivity contribution is -0.134. The van der Waals surface area contributed by atoms with Gasteiger partial charge in [0, 0.05) is 42.7 Å². The first-order valence-corrected chi connectivity index (χ1v) is 14.9. The van der Waals surface area contributed by atoms with E-state index in [1.807, 2.05) is 17.9 Å². The molecule has 0 radical (unpaired) electrons. The van der Waals surface area contributed by atoms with Crippen LogP contribution in [0.3, 0.4) is 0 Å². The van der Waals surface area contributed by atoms with Crippen molar-refractivity contribution in [2.75, 3.05) is 26.1 Å². The van der Waals surface area contributed by atoms with E-state index in [2.05, 4.69) is 36.8 Å². The molecule has 4 heterocycles. The number of hydrogen-bond acceptors (Lipinski definition) is 10. The number of thioether (sulfide) groups is 1. The number of carbonyl (C=O) groups excluding carboxylic acids is 1. The van der Waals surface area contributed by atoms with Crippen LogP contribution in [-0.4, -0.2) is 66.5 Å². The predicted molar refractivity (Wildman–Crippen MR) is 159 cm³/mol. The first-order chi connectivity index (χ1) is 20.2. The minimum absolute atomic E-state index is 0.0231. The van der Waals surface area contributed by atoms with E-state index in [0.29, 0.717) is 27.8 Å². The second kappa shape index (κ2) is 11.5. The van der Waals surface area contributed by atoms with Gasteiger partial charge in [0.15, 0.2) is 26.6 Å². The molecule has 11 nitrogen and oxygen atoms in total. The Morgan fingerprint density at radius 2 is 2.02 bits per heavy atom. The molecular formula is C27H27BrF2N8O3S. The number of nitrogens with zero attached hydrogens (tertiary/aromatic N) is 6. The van der Waals surface area contributed by atoms with E-state index in [4.69, 9.17) is 19.6 Å². The Labute approximate surface area is 252 Å². The molecule has 0 bridgehead atoms. The Kier molecular flexibility index (Phi) is 7.79. The van der Waals surface area contributed by atoms with Crippen LogP contribution in [0.1, 0.15) is 37.1 Å². The quantitative estimate of drug-likeness (QED) is 0.293. The van der Waals surface area contributed by atoms with E-state index in [-0.39, 0.29) is 46.9 Å². The van der Waals surface area contributed by atoms with Crippen molar-refractivity contribution in [3.63, 3.8) is 0 Å². The smallest absolute Gasteiger partial charge is 0.257 e. The Balaban J connectivity index is 1.36. The first kappa shape index (κ1) is 28.4. The van der Waals surface area contributed by atoms with Crippen LogP contribution in [0.25, 0.3) is 16.6 Å². The van der Waals surface area contributed by atoms with Crippen molar-refractivity contribution in [1.29, 1.82) is 0 Å². The van der Waals surface area contributed by atoms with Crippen molar-refractivity contribution in [2.45, 2.75) is 43.6 Å². The normalized spacial score (nSPS) is 20.5. The molecule has 15 heteroatoms. The second-order valence-corrected chi connectivity index (χ2v) is 12.4. The maximum Gasteiger partial charge on any atom is 0.257 e. The standard InChI is InChI=1S/C27H27BrF2N8O3S/c1-13-4-5-15(12-37(13)25(39)24-34-35-26(28)42-24)22-33-23-18-8-16(29)9-19(30)21(18)32-27(38(23)36-22)31-11-14-6-7-17(40-2)10-20(14)41-3/h6-10,13,15,24,34H,4-5,11-12H2,1-3H3,(H,31,32)/t13-,15+,24?/m0/s1. The fourth-order valence-corrected chi connectivity index (χ4v) is 6.56. The number of piperidine rings is 1. The number of hydrogen-bond donors (Lipinski definition) is 2. The van der Waals surface area contributed by atoms with E-state index in [1.165, 1.54) is 22.3 Å². The third kappa shape index (κ3) is 5.30. The number of amides is 1. The molecular weight excluding hydrogens is 634 g/mol. The van der Waals surface area contributed by atoms with Crippen LogP contribution in [0.4, 0.5) is 14.7 Å². The van der Waals surface area contributed by atoms with E-state index in [9.17, 15) is 13.6 Å². The number of halogens is 3. The van der Waals surface area contributed by atoms with Crippen molar-refractivity contribution in [3.05, 3.63) is 53.4 Å². The number of rotatable bonds is 7. The summed E-state index contributed by atoms with van der Waals surface area (Å²) in [4.78, 5) is 24.3. The van der Waals surface area contributed by atoms with E-state index in [0.717, 1.165) is 24.5 Å². The van der Waals surface area contributed by atoms with Gasteiger partial charge < -0.3 is 19.7 Å². The highest BCUT2D eigenvalue weighted by atomic mass is 79.9. The van der Waals surface area contributed by atoms with Crippen LogP contribution in [0.2, 0.25) is 0 Å². The number of likely N-dealkylation sites (tertiary alicyclic amines) is 1. The van der Waals surface area contributed by atoms with Gasteiger partial charge >= 0.3 is 0 Å². The van der Waals surface area contributed by atoms with Gasteiger partial charge in [-0.3, -0.25) is 10.2 Å². The summed E-state index contributed by atoms with van der Waals surface area (Å²) in [6, 6.07) is 7.44. The van der Waals surface area contributed by atoms with Gasteiger partial charge in [-0.05, 0) is 53.9 Å². The minimum atomic E-state index is -0.805. The van der Waals surface area contributed by atoms with Gasteiger partial charge in [-0.2, -0.15) is 9.62 Å². The van der Waals surface area contributed by atoms with Crippen LogP contribution in [0.15, 0.2) is 35.4 Å². The molecule has 2 aliphatic heterocycles. The summed E-state index contributed by atoms with van der Waals surface area (Å²) in [6.45, 7) is 2.68. The molecule has 0 spiro atoms. The molecule has 1 amide bonds. The number of ether oxygens (including phenoxy) is 2. The van der Waals surface area contributed by atoms with E-state index >= 15 is 0 Å². The molecule has 220 valence electrons. The summed E-state index contributed by atoms with van der Waals surface area (Å²) in [5, 5.41) is 11.7. The van der Waals surface area contributed by atoms with Crippen molar-refractivity contribution in [3.8, 4) is 11.5 Å². The molecule has 4 aromatic rings. The van der Waals surface area contributed by atoms with Crippen LogP contribution < -0.4 is 20.2 Å². The van der Waals surface area contributed by atoms with Gasteiger partial charge in [0.2, 0.25) is 5.95 Å². The Hall–Kier alpha value is -3.72. The third-order valence-corrected chi connectivity index (χ3v) is 9.05. The summed E-state index contributed by atoms with van der Waals surface area (Å²) in [5.74, 6) is 0.118. The molecule has 42 heavy (non-hydrogen) atoms. The molecule has 2 aliphatic rings. The molecule has 1 saturated heterocycles. The van der Waals surface area contributed by atoms with E-state index < -0.39 is 17.0 Å². The maximum absolute atomic E-state index is 15.0. The van der Waals surface area contributed by atoms with Crippen LogP contribution in [0, 0.1) is 11.6 Å². The lowest BCUT2D eigenvalue weighted by Gasteiger charge is -2.38. The molecule has 0 aliphatic carbocycles. The fourth-order valence-electron chi connectivity index (χ4n) is 5.25. The van der Waals surface area contributed by atoms with Gasteiger partial charge in [0.1, 0.15) is 22.8 Å². The molecule has 2 aromatic heterocycles. The number of anilines is 1. The third-order valence-electron chi connectivity index (χ3n) is 7.48. The minimum Gasteiger partial charge on any atom is -0.497 e. The highest BCUT2D eigenvalue weighted by Gasteiger charge is 2.37.